The van der Waals surface area contributed by atoms with E-state index in [2.05, 4.69) is 15.9 Å². The van der Waals surface area contributed by atoms with Gasteiger partial charge >= 0.3 is 0 Å². The second-order valence-corrected chi connectivity index (χ2v) is 5.13. The van der Waals surface area contributed by atoms with Crippen LogP contribution in [0.25, 0.3) is 0 Å². The third-order valence-corrected chi connectivity index (χ3v) is 3.20. The van der Waals surface area contributed by atoms with Crippen LogP contribution in [0.2, 0.25) is 0 Å². The fraction of sp³-hybridized carbons (Fsp3) is 0.462. The van der Waals surface area contributed by atoms with Crippen LogP contribution in [0, 0.1) is 0 Å². The van der Waals surface area contributed by atoms with Gasteiger partial charge in [-0.25, -0.2) is 0 Å². The Labute approximate surface area is 115 Å². The van der Waals surface area contributed by atoms with Gasteiger partial charge in [0.1, 0.15) is 0 Å². The SMILES string of the molecule is CC(C)N(CCCBr)C(=O)c1ccc(O)c(O)c1. The van der Waals surface area contributed by atoms with Gasteiger partial charge in [0.2, 0.25) is 0 Å². The summed E-state index contributed by atoms with van der Waals surface area (Å²) in [5.41, 5.74) is 0.383. The van der Waals surface area contributed by atoms with Crippen LogP contribution in [0.5, 0.6) is 11.5 Å². The van der Waals surface area contributed by atoms with E-state index in [9.17, 15) is 15.0 Å². The Balaban J connectivity index is 2.91. The van der Waals surface area contributed by atoms with E-state index in [1.54, 1.807) is 4.90 Å². The first kappa shape index (κ1) is 14.8. The first-order valence-corrected chi connectivity index (χ1v) is 6.98. The van der Waals surface area contributed by atoms with E-state index < -0.39 is 0 Å². The lowest BCUT2D eigenvalue weighted by Gasteiger charge is -2.26. The molecule has 5 heteroatoms. The van der Waals surface area contributed by atoms with Gasteiger partial charge in [0, 0.05) is 23.5 Å². The molecule has 100 valence electrons. The van der Waals surface area contributed by atoms with Crippen LogP contribution in [0.3, 0.4) is 0 Å². The maximum Gasteiger partial charge on any atom is 0.254 e. The van der Waals surface area contributed by atoms with Gasteiger partial charge in [0.25, 0.3) is 5.91 Å². The minimum absolute atomic E-state index is 0.0903. The van der Waals surface area contributed by atoms with Crippen LogP contribution >= 0.6 is 15.9 Å². The molecule has 1 aromatic rings. The van der Waals surface area contributed by atoms with E-state index in [1.165, 1.54) is 18.2 Å². The number of halogens is 1. The average molecular weight is 316 g/mol. The average Bonchev–Trinajstić information content (AvgIpc) is 2.32. The number of rotatable bonds is 5. The van der Waals surface area contributed by atoms with Gasteiger partial charge < -0.3 is 15.1 Å². The second kappa shape index (κ2) is 6.64. The Morgan fingerprint density at radius 1 is 1.33 bits per heavy atom. The van der Waals surface area contributed by atoms with Crippen molar-refractivity contribution in [2.24, 2.45) is 0 Å². The fourth-order valence-corrected chi connectivity index (χ4v) is 1.90. The van der Waals surface area contributed by atoms with Crippen LogP contribution in [-0.4, -0.2) is 38.9 Å². The van der Waals surface area contributed by atoms with Gasteiger partial charge in [0.05, 0.1) is 0 Å². The molecule has 0 saturated carbocycles. The smallest absolute Gasteiger partial charge is 0.254 e. The minimum Gasteiger partial charge on any atom is -0.504 e. The highest BCUT2D eigenvalue weighted by Gasteiger charge is 2.19. The number of carbonyl (C=O) groups excluding carboxylic acids is 1. The Morgan fingerprint density at radius 3 is 2.50 bits per heavy atom. The molecule has 0 spiro atoms. The van der Waals surface area contributed by atoms with E-state index in [4.69, 9.17) is 0 Å². The number of amides is 1. The van der Waals surface area contributed by atoms with E-state index >= 15 is 0 Å². The third kappa shape index (κ3) is 3.63. The van der Waals surface area contributed by atoms with Crippen molar-refractivity contribution in [3.63, 3.8) is 0 Å². The Hall–Kier alpha value is -1.23. The summed E-state index contributed by atoms with van der Waals surface area (Å²) in [4.78, 5) is 14.0. The predicted octanol–water partition coefficient (Wildman–Crippen LogP) is 2.73. The van der Waals surface area contributed by atoms with Crippen molar-refractivity contribution >= 4 is 21.8 Å². The number of carbonyl (C=O) groups is 1. The molecule has 0 aliphatic rings. The highest BCUT2D eigenvalue weighted by Crippen LogP contribution is 2.25. The highest BCUT2D eigenvalue weighted by molar-refractivity contribution is 9.09. The molecule has 2 N–H and O–H groups in total. The van der Waals surface area contributed by atoms with Crippen LogP contribution < -0.4 is 0 Å². The molecule has 0 atom stereocenters. The predicted molar refractivity (Wildman–Crippen MR) is 74.4 cm³/mol. The van der Waals surface area contributed by atoms with Crippen LogP contribution in [0.1, 0.15) is 30.6 Å². The van der Waals surface area contributed by atoms with Crippen molar-refractivity contribution in [3.8, 4) is 11.5 Å². The van der Waals surface area contributed by atoms with Crippen molar-refractivity contribution in [1.29, 1.82) is 0 Å². The number of phenols is 2. The number of nitrogens with zero attached hydrogens (tertiary/aromatic N) is 1. The lowest BCUT2D eigenvalue weighted by molar-refractivity contribution is 0.0706. The summed E-state index contributed by atoms with van der Waals surface area (Å²) >= 11 is 3.34. The lowest BCUT2D eigenvalue weighted by Crippen LogP contribution is -2.37. The molecule has 0 aliphatic carbocycles. The van der Waals surface area contributed by atoms with Gasteiger partial charge in [-0.3, -0.25) is 4.79 Å². The lowest BCUT2D eigenvalue weighted by atomic mass is 10.1. The molecule has 0 aliphatic heterocycles. The third-order valence-electron chi connectivity index (χ3n) is 2.64. The van der Waals surface area contributed by atoms with E-state index in [-0.39, 0.29) is 23.4 Å². The summed E-state index contributed by atoms with van der Waals surface area (Å²) in [5.74, 6) is -0.630. The summed E-state index contributed by atoms with van der Waals surface area (Å²) in [6, 6.07) is 4.22. The molecule has 0 fully saturated rings. The molecule has 0 bridgehead atoms. The van der Waals surface area contributed by atoms with Crippen LogP contribution in [0.4, 0.5) is 0 Å². The molecule has 0 heterocycles. The van der Waals surface area contributed by atoms with Gasteiger partial charge in [-0.05, 0) is 38.5 Å². The standard InChI is InChI=1S/C13H18BrNO3/c1-9(2)15(7-3-6-14)13(18)10-4-5-11(16)12(17)8-10/h4-5,8-9,16-17H,3,6-7H2,1-2H3. The topological polar surface area (TPSA) is 60.8 Å². The zero-order valence-corrected chi connectivity index (χ0v) is 12.1. The molecule has 0 radical (unpaired) electrons. The van der Waals surface area contributed by atoms with Crippen LogP contribution in [-0.2, 0) is 0 Å². The summed E-state index contributed by atoms with van der Waals surface area (Å²) in [6.45, 7) is 4.56. The normalized spacial score (nSPS) is 10.7. The van der Waals surface area contributed by atoms with Gasteiger partial charge in [-0.1, -0.05) is 15.9 Å². The van der Waals surface area contributed by atoms with E-state index in [1.807, 2.05) is 13.8 Å². The van der Waals surface area contributed by atoms with Gasteiger partial charge in [-0.15, -0.1) is 0 Å². The first-order chi connectivity index (χ1) is 8.47. The van der Waals surface area contributed by atoms with Crippen molar-refractivity contribution in [1.82, 2.24) is 4.90 Å². The number of hydrogen-bond acceptors (Lipinski definition) is 3. The maximum absolute atomic E-state index is 12.3. The molecule has 0 unspecified atom stereocenters. The maximum atomic E-state index is 12.3. The number of benzene rings is 1. The Morgan fingerprint density at radius 2 is 2.00 bits per heavy atom. The summed E-state index contributed by atoms with van der Waals surface area (Å²) in [5, 5.41) is 19.5. The zero-order valence-electron chi connectivity index (χ0n) is 10.6. The fourth-order valence-electron chi connectivity index (χ4n) is 1.65. The summed E-state index contributed by atoms with van der Waals surface area (Å²) in [7, 11) is 0. The minimum atomic E-state index is -0.273. The van der Waals surface area contributed by atoms with E-state index in [0.29, 0.717) is 12.1 Å². The van der Waals surface area contributed by atoms with Crippen molar-refractivity contribution in [2.45, 2.75) is 26.3 Å². The Kier molecular flexibility index (Phi) is 5.47. The van der Waals surface area contributed by atoms with Gasteiger partial charge in [0.15, 0.2) is 11.5 Å². The summed E-state index contributed by atoms with van der Waals surface area (Å²) in [6.07, 6.45) is 0.869. The molecule has 1 aromatic carbocycles. The second-order valence-electron chi connectivity index (χ2n) is 4.34. The molecule has 1 rings (SSSR count). The molecular formula is C13H18BrNO3. The van der Waals surface area contributed by atoms with Gasteiger partial charge in [-0.2, -0.15) is 0 Å². The van der Waals surface area contributed by atoms with Crippen molar-refractivity contribution in [2.75, 3.05) is 11.9 Å². The quantitative estimate of drug-likeness (QED) is 0.648. The molecule has 1 amide bonds. The van der Waals surface area contributed by atoms with Crippen molar-refractivity contribution in [3.05, 3.63) is 23.8 Å². The first-order valence-electron chi connectivity index (χ1n) is 5.86. The zero-order chi connectivity index (χ0) is 13.7. The largest absolute Gasteiger partial charge is 0.504 e. The molecule has 18 heavy (non-hydrogen) atoms. The molecule has 0 saturated heterocycles. The highest BCUT2D eigenvalue weighted by atomic mass is 79.9. The van der Waals surface area contributed by atoms with Crippen molar-refractivity contribution < 1.29 is 15.0 Å². The molecular weight excluding hydrogens is 298 g/mol. The number of alkyl halides is 1. The Bertz CT molecular complexity index is 421. The number of aromatic hydroxyl groups is 2. The molecule has 4 nitrogen and oxygen atoms in total. The summed E-state index contributed by atoms with van der Waals surface area (Å²) < 4.78 is 0. The van der Waals surface area contributed by atoms with E-state index in [0.717, 1.165) is 11.8 Å². The number of hydrogen-bond donors (Lipinski definition) is 2. The number of phenolic OH excluding ortho intramolecular Hbond substituents is 2. The molecule has 0 aromatic heterocycles. The van der Waals surface area contributed by atoms with Crippen LogP contribution in [0.15, 0.2) is 18.2 Å². The monoisotopic (exact) mass is 315 g/mol.